The van der Waals surface area contributed by atoms with E-state index in [9.17, 15) is 19.5 Å². The van der Waals surface area contributed by atoms with Crippen LogP contribution in [0.4, 0.5) is 0 Å². The molecule has 1 aliphatic heterocycles. The van der Waals surface area contributed by atoms with E-state index in [1.165, 1.54) is 12.4 Å². The molecule has 8 nitrogen and oxygen atoms in total. The lowest BCUT2D eigenvalue weighted by atomic mass is 9.83. The summed E-state index contributed by atoms with van der Waals surface area (Å²) in [5.74, 6) is -0.688. The number of H-pyrrole nitrogens is 3. The second kappa shape index (κ2) is 6.46. The van der Waals surface area contributed by atoms with E-state index in [4.69, 9.17) is 4.74 Å². The highest BCUT2D eigenvalue weighted by atomic mass is 16.5. The first-order chi connectivity index (χ1) is 14.8. The van der Waals surface area contributed by atoms with Crippen molar-refractivity contribution in [2.75, 3.05) is 6.61 Å². The lowest BCUT2D eigenvalue weighted by Crippen LogP contribution is -2.18. The van der Waals surface area contributed by atoms with Crippen LogP contribution in [0.25, 0.3) is 33.2 Å². The summed E-state index contributed by atoms with van der Waals surface area (Å²) in [4.78, 5) is 45.6. The minimum Gasteiger partial charge on any atom is -0.492 e. The van der Waals surface area contributed by atoms with E-state index < -0.39 is 11.5 Å². The zero-order valence-corrected chi connectivity index (χ0v) is 16.8. The summed E-state index contributed by atoms with van der Waals surface area (Å²) in [5.41, 5.74) is 1.47. The maximum absolute atomic E-state index is 12.6. The average molecular weight is 417 g/mol. The van der Waals surface area contributed by atoms with Crippen LogP contribution in [0.15, 0.2) is 52.3 Å². The molecule has 0 fully saturated rings. The summed E-state index contributed by atoms with van der Waals surface area (Å²) in [6, 6.07) is 8.47. The molecule has 0 bridgehead atoms. The van der Waals surface area contributed by atoms with Gasteiger partial charge >= 0.3 is 5.97 Å². The number of nitrogens with one attached hydrogen (secondary N) is 3. The van der Waals surface area contributed by atoms with Crippen LogP contribution in [0.3, 0.4) is 0 Å². The SMILES string of the molecule is CC1(C)COc2c1cc(-c1ccc[nH]c1=O)c1[nH]c(C(=O)O)c(-c3ccc[nH]c3=O)c21. The topological polar surface area (TPSA) is 128 Å². The smallest absolute Gasteiger partial charge is 0.352 e. The molecule has 8 heteroatoms. The molecule has 0 saturated heterocycles. The average Bonchev–Trinajstić information content (AvgIpc) is 3.26. The number of hydrogen-bond acceptors (Lipinski definition) is 4. The van der Waals surface area contributed by atoms with Gasteiger partial charge in [0.15, 0.2) is 0 Å². The van der Waals surface area contributed by atoms with Gasteiger partial charge in [0.25, 0.3) is 11.1 Å². The Labute approximate surface area is 175 Å². The van der Waals surface area contributed by atoms with Crippen molar-refractivity contribution >= 4 is 16.9 Å². The van der Waals surface area contributed by atoms with E-state index in [0.29, 0.717) is 34.4 Å². The number of aromatic amines is 3. The molecule has 0 aliphatic carbocycles. The third-order valence-corrected chi connectivity index (χ3v) is 5.75. The maximum atomic E-state index is 12.6. The van der Waals surface area contributed by atoms with Crippen molar-refractivity contribution < 1.29 is 14.6 Å². The zero-order valence-electron chi connectivity index (χ0n) is 16.8. The Morgan fingerprint density at radius 2 is 1.68 bits per heavy atom. The molecule has 4 heterocycles. The minimum absolute atomic E-state index is 0.137. The molecule has 5 rings (SSSR count). The number of ether oxygens (including phenoxy) is 1. The molecule has 0 saturated carbocycles. The molecule has 0 spiro atoms. The molecule has 0 unspecified atom stereocenters. The van der Waals surface area contributed by atoms with Gasteiger partial charge in [-0.05, 0) is 30.3 Å². The standard InChI is InChI=1S/C23H19N3O5/c1-23(2)10-31-19-14(23)9-13(11-5-3-7-24-20(11)27)17-16(19)15(18(26-17)22(29)30)12-6-4-8-25-21(12)28/h3-9,26H,10H2,1-2H3,(H,24,27)(H,25,28)(H,29,30). The minimum atomic E-state index is -1.21. The molecule has 0 amide bonds. The first-order valence-corrected chi connectivity index (χ1v) is 9.75. The van der Waals surface area contributed by atoms with Crippen molar-refractivity contribution in [2.45, 2.75) is 19.3 Å². The highest BCUT2D eigenvalue weighted by molar-refractivity contribution is 6.14. The van der Waals surface area contributed by atoms with E-state index in [0.717, 1.165) is 5.56 Å². The van der Waals surface area contributed by atoms with Crippen molar-refractivity contribution in [3.8, 4) is 28.0 Å². The summed E-state index contributed by atoms with van der Waals surface area (Å²) < 4.78 is 6.03. The van der Waals surface area contributed by atoms with Gasteiger partial charge in [0.05, 0.1) is 23.1 Å². The van der Waals surface area contributed by atoms with Gasteiger partial charge in [-0.2, -0.15) is 0 Å². The number of rotatable bonds is 3. The first-order valence-electron chi connectivity index (χ1n) is 9.75. The predicted molar refractivity (Wildman–Crippen MR) is 116 cm³/mol. The van der Waals surface area contributed by atoms with E-state index >= 15 is 0 Å². The number of carboxylic acids is 1. The maximum Gasteiger partial charge on any atom is 0.352 e. The number of pyridine rings is 2. The van der Waals surface area contributed by atoms with Crippen molar-refractivity contribution in [3.63, 3.8) is 0 Å². The molecular formula is C23H19N3O5. The van der Waals surface area contributed by atoms with Crippen LogP contribution >= 0.6 is 0 Å². The van der Waals surface area contributed by atoms with Gasteiger partial charge in [0, 0.05) is 40.1 Å². The Morgan fingerprint density at radius 1 is 1.03 bits per heavy atom. The number of aromatic nitrogens is 3. The van der Waals surface area contributed by atoms with Gasteiger partial charge in [-0.15, -0.1) is 0 Å². The molecule has 3 aromatic heterocycles. The Hall–Kier alpha value is -4.07. The molecule has 4 aromatic rings. The summed E-state index contributed by atoms with van der Waals surface area (Å²) in [6.45, 7) is 4.43. The van der Waals surface area contributed by atoms with E-state index in [1.54, 1.807) is 24.3 Å². The van der Waals surface area contributed by atoms with Gasteiger partial charge in [0.2, 0.25) is 0 Å². The highest BCUT2D eigenvalue weighted by Crippen LogP contribution is 2.49. The van der Waals surface area contributed by atoms with E-state index in [-0.39, 0.29) is 27.8 Å². The van der Waals surface area contributed by atoms with Crippen LogP contribution < -0.4 is 15.9 Å². The third kappa shape index (κ3) is 2.72. The van der Waals surface area contributed by atoms with Crippen LogP contribution in [0.1, 0.15) is 29.9 Å². The second-order valence-corrected chi connectivity index (χ2v) is 8.23. The van der Waals surface area contributed by atoms with Crippen LogP contribution in [0.5, 0.6) is 5.75 Å². The molecule has 4 N–H and O–H groups in total. The molecule has 1 aliphatic rings. The molecule has 1 aromatic carbocycles. The summed E-state index contributed by atoms with van der Waals surface area (Å²) in [6.07, 6.45) is 3.02. The number of carbonyl (C=O) groups is 1. The Bertz CT molecular complexity index is 1490. The number of carboxylic acid groups (broad SMARTS) is 1. The normalized spacial score (nSPS) is 14.4. The van der Waals surface area contributed by atoms with Crippen molar-refractivity contribution in [1.82, 2.24) is 15.0 Å². The Kier molecular flexibility index (Phi) is 3.95. The van der Waals surface area contributed by atoms with Gasteiger partial charge in [0.1, 0.15) is 11.4 Å². The fraction of sp³-hybridized carbons (Fsp3) is 0.174. The predicted octanol–water partition coefficient (Wildman–Crippen LogP) is 3.25. The summed E-state index contributed by atoms with van der Waals surface area (Å²) in [7, 11) is 0. The number of benzene rings is 1. The Balaban J connectivity index is 2.02. The van der Waals surface area contributed by atoms with Crippen LogP contribution in [0, 0.1) is 0 Å². The largest absolute Gasteiger partial charge is 0.492 e. The number of aromatic carboxylic acids is 1. The van der Waals surface area contributed by atoms with Crippen molar-refractivity contribution in [3.05, 3.63) is 74.7 Å². The fourth-order valence-corrected chi connectivity index (χ4v) is 4.22. The molecule has 156 valence electrons. The lowest BCUT2D eigenvalue weighted by molar-refractivity contribution is 0.0692. The highest BCUT2D eigenvalue weighted by Gasteiger charge is 2.37. The monoisotopic (exact) mass is 417 g/mol. The number of hydrogen-bond donors (Lipinski definition) is 4. The Morgan fingerprint density at radius 3 is 2.29 bits per heavy atom. The fourth-order valence-electron chi connectivity index (χ4n) is 4.22. The molecule has 31 heavy (non-hydrogen) atoms. The third-order valence-electron chi connectivity index (χ3n) is 5.75. The van der Waals surface area contributed by atoms with Gasteiger partial charge in [-0.3, -0.25) is 9.59 Å². The van der Waals surface area contributed by atoms with E-state index in [1.807, 2.05) is 19.9 Å². The van der Waals surface area contributed by atoms with Gasteiger partial charge in [-0.1, -0.05) is 13.8 Å². The van der Waals surface area contributed by atoms with Crippen LogP contribution in [-0.2, 0) is 5.41 Å². The summed E-state index contributed by atoms with van der Waals surface area (Å²) >= 11 is 0. The summed E-state index contributed by atoms with van der Waals surface area (Å²) in [5, 5.41) is 10.4. The zero-order chi connectivity index (χ0) is 21.9. The molecule has 0 atom stereocenters. The number of fused-ring (bicyclic) bond motifs is 3. The lowest BCUT2D eigenvalue weighted by Gasteiger charge is -2.16. The van der Waals surface area contributed by atoms with Crippen LogP contribution in [-0.4, -0.2) is 32.6 Å². The quantitative estimate of drug-likeness (QED) is 0.407. The van der Waals surface area contributed by atoms with E-state index in [2.05, 4.69) is 15.0 Å². The van der Waals surface area contributed by atoms with Crippen molar-refractivity contribution in [2.24, 2.45) is 0 Å². The van der Waals surface area contributed by atoms with Crippen molar-refractivity contribution in [1.29, 1.82) is 0 Å². The van der Waals surface area contributed by atoms with Gasteiger partial charge < -0.3 is 24.8 Å². The molecule has 0 radical (unpaired) electrons. The first kappa shape index (κ1) is 18.9. The second-order valence-electron chi connectivity index (χ2n) is 8.23. The van der Waals surface area contributed by atoms with Crippen LogP contribution in [0.2, 0.25) is 0 Å². The van der Waals surface area contributed by atoms with Gasteiger partial charge in [-0.25, -0.2) is 4.79 Å². The molecular weight excluding hydrogens is 398 g/mol.